The SMILES string of the molecule is CCC(Oc1ccccc1Cl)C(=O)NCCCN1CCCc2ccccc21. The second-order valence-corrected chi connectivity index (χ2v) is 7.22. The number of amides is 1. The number of hydrogen-bond acceptors (Lipinski definition) is 3. The molecular weight excluding hydrogens is 360 g/mol. The lowest BCUT2D eigenvalue weighted by Gasteiger charge is -2.31. The zero-order valence-corrected chi connectivity index (χ0v) is 16.5. The molecule has 0 aliphatic carbocycles. The van der Waals surface area contributed by atoms with Crippen LogP contribution < -0.4 is 15.0 Å². The van der Waals surface area contributed by atoms with E-state index in [4.69, 9.17) is 16.3 Å². The van der Waals surface area contributed by atoms with Crippen LogP contribution in [0.15, 0.2) is 48.5 Å². The number of rotatable bonds is 8. The summed E-state index contributed by atoms with van der Waals surface area (Å²) in [4.78, 5) is 14.9. The van der Waals surface area contributed by atoms with E-state index in [9.17, 15) is 4.79 Å². The van der Waals surface area contributed by atoms with Crippen molar-refractivity contribution in [1.82, 2.24) is 5.32 Å². The Morgan fingerprint density at radius 3 is 2.81 bits per heavy atom. The molecule has 2 aromatic carbocycles. The number of para-hydroxylation sites is 2. The molecule has 0 aromatic heterocycles. The van der Waals surface area contributed by atoms with Gasteiger partial charge in [-0.1, -0.05) is 48.9 Å². The van der Waals surface area contributed by atoms with Gasteiger partial charge in [0.05, 0.1) is 5.02 Å². The molecule has 4 nitrogen and oxygen atoms in total. The molecule has 1 unspecified atom stereocenters. The number of carbonyl (C=O) groups excluding carboxylic acids is 1. The average molecular weight is 387 g/mol. The molecule has 1 aliphatic rings. The second kappa shape index (κ2) is 9.65. The molecule has 0 saturated heterocycles. The van der Waals surface area contributed by atoms with Crippen molar-refractivity contribution in [2.75, 3.05) is 24.5 Å². The number of nitrogens with one attached hydrogen (secondary N) is 1. The van der Waals surface area contributed by atoms with E-state index >= 15 is 0 Å². The minimum Gasteiger partial charge on any atom is -0.479 e. The zero-order chi connectivity index (χ0) is 19.1. The van der Waals surface area contributed by atoms with Gasteiger partial charge in [0.25, 0.3) is 5.91 Å². The van der Waals surface area contributed by atoms with Gasteiger partial charge in [-0.2, -0.15) is 0 Å². The molecule has 3 rings (SSSR count). The van der Waals surface area contributed by atoms with Crippen LogP contribution in [-0.2, 0) is 11.2 Å². The summed E-state index contributed by atoms with van der Waals surface area (Å²) in [6, 6.07) is 15.8. The van der Waals surface area contributed by atoms with E-state index in [0.29, 0.717) is 23.7 Å². The third kappa shape index (κ3) is 5.16. The fraction of sp³-hybridized carbons (Fsp3) is 0.409. The molecule has 144 valence electrons. The number of benzene rings is 2. The van der Waals surface area contributed by atoms with Gasteiger partial charge in [0, 0.05) is 25.3 Å². The third-order valence-electron chi connectivity index (χ3n) is 4.88. The summed E-state index contributed by atoms with van der Waals surface area (Å²) < 4.78 is 5.80. The predicted molar refractivity (Wildman–Crippen MR) is 111 cm³/mol. The quantitative estimate of drug-likeness (QED) is 0.681. The summed E-state index contributed by atoms with van der Waals surface area (Å²) in [6.07, 6.45) is 3.31. The molecule has 27 heavy (non-hydrogen) atoms. The Bertz CT molecular complexity index is 765. The summed E-state index contributed by atoms with van der Waals surface area (Å²) in [6.45, 7) is 4.60. The standard InChI is InChI=1S/C22H27ClN2O2/c1-2-20(27-21-13-6-4-11-18(21)23)22(26)24-14-8-16-25-15-7-10-17-9-3-5-12-19(17)25/h3-6,9,11-13,20H,2,7-8,10,14-16H2,1H3,(H,24,26). The van der Waals surface area contributed by atoms with E-state index in [2.05, 4.69) is 34.5 Å². The lowest BCUT2D eigenvalue weighted by atomic mass is 10.0. The van der Waals surface area contributed by atoms with Crippen LogP contribution in [0.4, 0.5) is 5.69 Å². The van der Waals surface area contributed by atoms with E-state index in [1.165, 1.54) is 17.7 Å². The summed E-state index contributed by atoms with van der Waals surface area (Å²) >= 11 is 6.12. The van der Waals surface area contributed by atoms with Crippen LogP contribution in [-0.4, -0.2) is 31.6 Å². The van der Waals surface area contributed by atoms with E-state index in [1.54, 1.807) is 12.1 Å². The maximum Gasteiger partial charge on any atom is 0.261 e. The minimum absolute atomic E-state index is 0.0866. The summed E-state index contributed by atoms with van der Waals surface area (Å²) in [7, 11) is 0. The Morgan fingerprint density at radius 2 is 2.00 bits per heavy atom. The Balaban J connectivity index is 1.46. The molecular formula is C22H27ClN2O2. The van der Waals surface area contributed by atoms with Crippen LogP contribution in [0.1, 0.15) is 31.7 Å². The predicted octanol–water partition coefficient (Wildman–Crippen LogP) is 4.46. The maximum absolute atomic E-state index is 12.4. The van der Waals surface area contributed by atoms with E-state index in [0.717, 1.165) is 25.9 Å². The fourth-order valence-electron chi connectivity index (χ4n) is 3.45. The molecule has 2 aromatic rings. The van der Waals surface area contributed by atoms with Crippen LogP contribution >= 0.6 is 11.6 Å². The molecule has 0 radical (unpaired) electrons. The monoisotopic (exact) mass is 386 g/mol. The van der Waals surface area contributed by atoms with Crippen molar-refractivity contribution in [1.29, 1.82) is 0 Å². The van der Waals surface area contributed by atoms with Crippen LogP contribution in [0.3, 0.4) is 0 Å². The molecule has 1 atom stereocenters. The van der Waals surface area contributed by atoms with E-state index < -0.39 is 6.10 Å². The maximum atomic E-state index is 12.4. The fourth-order valence-corrected chi connectivity index (χ4v) is 3.64. The third-order valence-corrected chi connectivity index (χ3v) is 5.19. The van der Waals surface area contributed by atoms with Crippen molar-refractivity contribution >= 4 is 23.2 Å². The van der Waals surface area contributed by atoms with E-state index in [-0.39, 0.29) is 5.91 Å². The highest BCUT2D eigenvalue weighted by Gasteiger charge is 2.19. The van der Waals surface area contributed by atoms with Gasteiger partial charge >= 0.3 is 0 Å². The molecule has 1 aliphatic heterocycles. The molecule has 1 N–H and O–H groups in total. The minimum atomic E-state index is -0.527. The van der Waals surface area contributed by atoms with Gasteiger partial charge in [-0.3, -0.25) is 4.79 Å². The molecule has 0 fully saturated rings. The summed E-state index contributed by atoms with van der Waals surface area (Å²) in [5.41, 5.74) is 2.76. The van der Waals surface area contributed by atoms with Crippen LogP contribution in [0.5, 0.6) is 5.75 Å². The number of hydrogen-bond donors (Lipinski definition) is 1. The van der Waals surface area contributed by atoms with Gasteiger partial charge in [-0.05, 0) is 49.4 Å². The second-order valence-electron chi connectivity index (χ2n) is 6.81. The first-order valence-electron chi connectivity index (χ1n) is 9.70. The van der Waals surface area contributed by atoms with Crippen molar-refractivity contribution in [3.63, 3.8) is 0 Å². The normalized spacial score (nSPS) is 14.4. The van der Waals surface area contributed by atoms with Gasteiger partial charge in [0.15, 0.2) is 6.10 Å². The van der Waals surface area contributed by atoms with Gasteiger partial charge in [0.2, 0.25) is 0 Å². The number of halogens is 1. The number of ether oxygens (including phenoxy) is 1. The first-order chi connectivity index (χ1) is 13.2. The topological polar surface area (TPSA) is 41.6 Å². The lowest BCUT2D eigenvalue weighted by molar-refractivity contribution is -0.128. The summed E-state index contributed by atoms with van der Waals surface area (Å²) in [5.74, 6) is 0.461. The molecule has 0 bridgehead atoms. The molecule has 5 heteroatoms. The highest BCUT2D eigenvalue weighted by molar-refractivity contribution is 6.32. The Kier molecular flexibility index (Phi) is 6.99. The molecule has 0 saturated carbocycles. The first kappa shape index (κ1) is 19.6. The largest absolute Gasteiger partial charge is 0.479 e. The Hall–Kier alpha value is -2.20. The van der Waals surface area contributed by atoms with Crippen molar-refractivity contribution in [2.45, 2.75) is 38.7 Å². The number of fused-ring (bicyclic) bond motifs is 1. The average Bonchev–Trinajstić information content (AvgIpc) is 2.70. The Morgan fingerprint density at radius 1 is 1.22 bits per heavy atom. The number of anilines is 1. The smallest absolute Gasteiger partial charge is 0.261 e. The van der Waals surface area contributed by atoms with Gasteiger partial charge in [-0.15, -0.1) is 0 Å². The van der Waals surface area contributed by atoms with Gasteiger partial charge in [-0.25, -0.2) is 0 Å². The van der Waals surface area contributed by atoms with Crippen molar-refractivity contribution in [3.05, 3.63) is 59.1 Å². The highest BCUT2D eigenvalue weighted by Crippen LogP contribution is 2.27. The highest BCUT2D eigenvalue weighted by atomic mass is 35.5. The van der Waals surface area contributed by atoms with Gasteiger partial charge in [0.1, 0.15) is 5.75 Å². The van der Waals surface area contributed by atoms with Crippen LogP contribution in [0.2, 0.25) is 5.02 Å². The van der Waals surface area contributed by atoms with Crippen molar-refractivity contribution in [3.8, 4) is 5.75 Å². The van der Waals surface area contributed by atoms with E-state index in [1.807, 2.05) is 19.1 Å². The number of carbonyl (C=O) groups is 1. The van der Waals surface area contributed by atoms with Crippen molar-refractivity contribution < 1.29 is 9.53 Å². The Labute approximate surface area is 166 Å². The van der Waals surface area contributed by atoms with Crippen molar-refractivity contribution in [2.24, 2.45) is 0 Å². The molecule has 1 amide bonds. The molecule has 1 heterocycles. The van der Waals surface area contributed by atoms with Crippen LogP contribution in [0, 0.1) is 0 Å². The van der Waals surface area contributed by atoms with Gasteiger partial charge < -0.3 is 15.0 Å². The van der Waals surface area contributed by atoms with Crippen LogP contribution in [0.25, 0.3) is 0 Å². The molecule has 0 spiro atoms. The number of nitrogens with zero attached hydrogens (tertiary/aromatic N) is 1. The lowest BCUT2D eigenvalue weighted by Crippen LogP contribution is -2.39. The first-order valence-corrected chi connectivity index (χ1v) is 10.1. The summed E-state index contributed by atoms with van der Waals surface area (Å²) in [5, 5.41) is 3.52. The zero-order valence-electron chi connectivity index (χ0n) is 15.8. The number of aryl methyl sites for hydroxylation is 1.